The maximum atomic E-state index is 11.6. The summed E-state index contributed by atoms with van der Waals surface area (Å²) in [6, 6.07) is 7.65. The molecule has 0 unspecified atom stereocenters. The number of carbonyl (C=O) groups excluding carboxylic acids is 1. The quantitative estimate of drug-likeness (QED) is 0.363. The Morgan fingerprint density at radius 2 is 2.00 bits per heavy atom. The van der Waals surface area contributed by atoms with Crippen molar-refractivity contribution in [1.82, 2.24) is 16.0 Å². The average Bonchev–Trinajstić information content (AvgIpc) is 2.59. The topological polar surface area (TPSA) is 74.8 Å². The fourth-order valence-corrected chi connectivity index (χ4v) is 2.12. The summed E-state index contributed by atoms with van der Waals surface area (Å²) in [5, 5.41) is 9.12. The molecular weight excluding hydrogens is 304 g/mol. The summed E-state index contributed by atoms with van der Waals surface area (Å²) in [7, 11) is 3.38. The van der Waals surface area contributed by atoms with Crippen LogP contribution in [0.1, 0.15) is 29.8 Å². The van der Waals surface area contributed by atoms with Gasteiger partial charge in [0.1, 0.15) is 0 Å². The van der Waals surface area contributed by atoms with Gasteiger partial charge in [-0.05, 0) is 30.0 Å². The lowest BCUT2D eigenvalue weighted by atomic mass is 10.1. The first kappa shape index (κ1) is 20.0. The van der Waals surface area contributed by atoms with Gasteiger partial charge in [-0.25, -0.2) is 0 Å². The molecule has 134 valence electrons. The van der Waals surface area contributed by atoms with Gasteiger partial charge < -0.3 is 20.7 Å². The molecule has 0 atom stereocenters. The molecule has 0 aromatic heterocycles. The number of hydrogen-bond acceptors (Lipinski definition) is 3. The van der Waals surface area contributed by atoms with Crippen LogP contribution in [0, 0.1) is 5.92 Å². The highest BCUT2D eigenvalue weighted by molar-refractivity contribution is 5.94. The van der Waals surface area contributed by atoms with Gasteiger partial charge in [0.25, 0.3) is 5.91 Å². The molecule has 24 heavy (non-hydrogen) atoms. The largest absolute Gasteiger partial charge is 0.379 e. The molecule has 0 bridgehead atoms. The molecule has 1 aromatic carbocycles. The van der Waals surface area contributed by atoms with E-state index in [1.807, 2.05) is 24.3 Å². The zero-order valence-corrected chi connectivity index (χ0v) is 15.2. The molecule has 0 fully saturated rings. The molecule has 1 rings (SSSR count). The number of ether oxygens (including phenoxy) is 1. The Kier molecular flexibility index (Phi) is 9.53. The second-order valence-corrected chi connectivity index (χ2v) is 5.92. The van der Waals surface area contributed by atoms with Crippen LogP contribution < -0.4 is 16.0 Å². The fraction of sp³-hybridized carbons (Fsp3) is 0.556. The van der Waals surface area contributed by atoms with Crippen molar-refractivity contribution in [2.24, 2.45) is 10.9 Å². The number of guanidine groups is 1. The first-order chi connectivity index (χ1) is 11.6. The van der Waals surface area contributed by atoms with E-state index in [2.05, 4.69) is 34.8 Å². The van der Waals surface area contributed by atoms with E-state index in [0.29, 0.717) is 18.1 Å². The molecule has 6 nitrogen and oxygen atoms in total. The molecule has 0 heterocycles. The van der Waals surface area contributed by atoms with Crippen LogP contribution in [0.25, 0.3) is 0 Å². The van der Waals surface area contributed by atoms with Crippen LogP contribution in [0.2, 0.25) is 0 Å². The first-order valence-electron chi connectivity index (χ1n) is 8.40. The zero-order chi connectivity index (χ0) is 17.8. The van der Waals surface area contributed by atoms with Crippen molar-refractivity contribution in [3.05, 3.63) is 35.4 Å². The number of carbonyl (C=O) groups is 1. The molecule has 6 heteroatoms. The molecule has 3 N–H and O–H groups in total. The molecule has 0 spiro atoms. The Labute approximate surface area is 145 Å². The second-order valence-electron chi connectivity index (χ2n) is 5.92. The van der Waals surface area contributed by atoms with E-state index in [0.717, 1.165) is 37.6 Å². The van der Waals surface area contributed by atoms with Crippen LogP contribution in [0.5, 0.6) is 0 Å². The molecule has 0 aliphatic heterocycles. The van der Waals surface area contributed by atoms with Crippen LogP contribution in [0.15, 0.2) is 29.3 Å². The minimum Gasteiger partial charge on any atom is -0.379 e. The number of rotatable bonds is 9. The average molecular weight is 334 g/mol. The standard InChI is InChI=1S/C18H30N4O2/c1-14(2)13-24-11-10-22-18(20-4)21-9-8-15-6-5-7-16(12-15)17(23)19-3/h5-7,12,14H,8-11,13H2,1-4H3,(H,19,23)(H2,20,21,22). The Hall–Kier alpha value is -2.08. The number of nitrogens with one attached hydrogen (secondary N) is 3. The van der Waals surface area contributed by atoms with Crippen molar-refractivity contribution >= 4 is 11.9 Å². The van der Waals surface area contributed by atoms with Crippen LogP contribution in [-0.2, 0) is 11.2 Å². The smallest absolute Gasteiger partial charge is 0.251 e. The molecule has 0 saturated carbocycles. The Balaban J connectivity index is 2.30. The van der Waals surface area contributed by atoms with E-state index in [-0.39, 0.29) is 5.91 Å². The van der Waals surface area contributed by atoms with Crippen LogP contribution in [-0.4, -0.2) is 52.3 Å². The molecule has 0 saturated heterocycles. The van der Waals surface area contributed by atoms with Crippen molar-refractivity contribution in [2.45, 2.75) is 20.3 Å². The fourth-order valence-electron chi connectivity index (χ4n) is 2.12. The van der Waals surface area contributed by atoms with Crippen LogP contribution in [0.3, 0.4) is 0 Å². The van der Waals surface area contributed by atoms with Crippen molar-refractivity contribution in [2.75, 3.05) is 40.4 Å². The van der Waals surface area contributed by atoms with E-state index in [9.17, 15) is 4.79 Å². The van der Waals surface area contributed by atoms with Crippen molar-refractivity contribution in [3.8, 4) is 0 Å². The van der Waals surface area contributed by atoms with Gasteiger partial charge in [0, 0.05) is 39.4 Å². The maximum Gasteiger partial charge on any atom is 0.251 e. The van der Waals surface area contributed by atoms with Crippen LogP contribution >= 0.6 is 0 Å². The predicted molar refractivity (Wildman–Crippen MR) is 98.6 cm³/mol. The minimum atomic E-state index is -0.0660. The van der Waals surface area contributed by atoms with Gasteiger partial charge in [0.15, 0.2) is 5.96 Å². The van der Waals surface area contributed by atoms with E-state index >= 15 is 0 Å². The number of hydrogen-bond donors (Lipinski definition) is 3. The Bertz CT molecular complexity index is 530. The second kappa shape index (κ2) is 11.5. The summed E-state index contributed by atoms with van der Waals surface area (Å²) in [5.41, 5.74) is 1.79. The van der Waals surface area contributed by atoms with E-state index in [1.165, 1.54) is 0 Å². The third kappa shape index (κ3) is 7.97. The van der Waals surface area contributed by atoms with Crippen LogP contribution in [0.4, 0.5) is 0 Å². The van der Waals surface area contributed by atoms with Gasteiger partial charge in [0.05, 0.1) is 6.61 Å². The van der Waals surface area contributed by atoms with Gasteiger partial charge in [0.2, 0.25) is 0 Å². The number of benzene rings is 1. The maximum absolute atomic E-state index is 11.6. The summed E-state index contributed by atoms with van der Waals surface area (Å²) >= 11 is 0. The van der Waals surface area contributed by atoms with Crippen molar-refractivity contribution in [1.29, 1.82) is 0 Å². The predicted octanol–water partition coefficient (Wildman–Crippen LogP) is 1.43. The van der Waals surface area contributed by atoms with Gasteiger partial charge in [-0.3, -0.25) is 9.79 Å². The highest BCUT2D eigenvalue weighted by Gasteiger charge is 2.04. The molecule has 0 aliphatic carbocycles. The molecule has 0 aliphatic rings. The molecular formula is C18H30N4O2. The summed E-state index contributed by atoms with van der Waals surface area (Å²) in [6.45, 7) is 7.16. The highest BCUT2D eigenvalue weighted by atomic mass is 16.5. The Morgan fingerprint density at radius 3 is 2.67 bits per heavy atom. The number of nitrogens with zero attached hydrogens (tertiary/aromatic N) is 1. The van der Waals surface area contributed by atoms with Crippen molar-refractivity contribution in [3.63, 3.8) is 0 Å². The van der Waals surface area contributed by atoms with E-state index < -0.39 is 0 Å². The van der Waals surface area contributed by atoms with Crippen molar-refractivity contribution < 1.29 is 9.53 Å². The van der Waals surface area contributed by atoms with Gasteiger partial charge >= 0.3 is 0 Å². The first-order valence-corrected chi connectivity index (χ1v) is 8.40. The monoisotopic (exact) mass is 334 g/mol. The summed E-state index contributed by atoms with van der Waals surface area (Å²) in [6.07, 6.45) is 0.815. The van der Waals surface area contributed by atoms with Gasteiger partial charge in [-0.2, -0.15) is 0 Å². The third-order valence-electron chi connectivity index (χ3n) is 3.34. The summed E-state index contributed by atoms with van der Waals surface area (Å²) in [5.74, 6) is 1.24. The normalized spacial score (nSPS) is 11.5. The SMILES string of the molecule is CN=C(NCCOCC(C)C)NCCc1cccc(C(=O)NC)c1. The summed E-state index contributed by atoms with van der Waals surface area (Å²) < 4.78 is 5.53. The number of aliphatic imine (C=N–C) groups is 1. The van der Waals surface area contributed by atoms with Gasteiger partial charge in [-0.15, -0.1) is 0 Å². The zero-order valence-electron chi connectivity index (χ0n) is 15.2. The number of amides is 1. The molecule has 1 aromatic rings. The van der Waals surface area contributed by atoms with E-state index in [1.54, 1.807) is 14.1 Å². The minimum absolute atomic E-state index is 0.0660. The molecule has 0 radical (unpaired) electrons. The highest BCUT2D eigenvalue weighted by Crippen LogP contribution is 2.05. The lowest BCUT2D eigenvalue weighted by molar-refractivity contribution is 0.0963. The Morgan fingerprint density at radius 1 is 1.25 bits per heavy atom. The lowest BCUT2D eigenvalue weighted by Crippen LogP contribution is -2.39. The third-order valence-corrected chi connectivity index (χ3v) is 3.34. The van der Waals surface area contributed by atoms with E-state index in [4.69, 9.17) is 4.74 Å². The molecule has 1 amide bonds. The lowest BCUT2D eigenvalue weighted by Gasteiger charge is -2.13. The summed E-state index contributed by atoms with van der Waals surface area (Å²) in [4.78, 5) is 15.8. The van der Waals surface area contributed by atoms with Gasteiger partial charge in [-0.1, -0.05) is 26.0 Å².